The highest BCUT2D eigenvalue weighted by Gasteiger charge is 2.47. The van der Waals surface area contributed by atoms with Crippen LogP contribution in [-0.2, 0) is 9.53 Å². The van der Waals surface area contributed by atoms with Crippen LogP contribution in [0.1, 0.15) is 6.23 Å². The summed E-state index contributed by atoms with van der Waals surface area (Å²) in [7, 11) is 1.72. The van der Waals surface area contributed by atoms with E-state index in [-0.39, 0.29) is 0 Å². The molecule has 2 aliphatic heterocycles. The lowest BCUT2D eigenvalue weighted by molar-refractivity contribution is -0.137. The number of nitrogens with zero attached hydrogens (tertiary/aromatic N) is 5. The Morgan fingerprint density at radius 1 is 1.06 bits per heavy atom. The first-order valence-corrected chi connectivity index (χ1v) is 12.1. The molecule has 7 N–H and O–H groups in total. The number of hydrogen-bond acceptors (Lipinski definition) is 12. The fraction of sp³-hybridized carbons (Fsp3) is 0.714. The quantitative estimate of drug-likeness (QED) is 0.214. The predicted molar refractivity (Wildman–Crippen MR) is 129 cm³/mol. The summed E-state index contributed by atoms with van der Waals surface area (Å²) in [6, 6.07) is 0. The maximum absolute atomic E-state index is 12.8. The largest absolute Gasteiger partial charge is 0.387 e. The van der Waals surface area contributed by atoms with Crippen molar-refractivity contribution in [1.29, 1.82) is 0 Å². The predicted octanol–water partition coefficient (Wildman–Crippen LogP) is -3.31. The number of aromatic nitrogens is 4. The number of carbonyl (C=O) groups is 1. The van der Waals surface area contributed by atoms with Crippen molar-refractivity contribution >= 4 is 22.9 Å². The van der Waals surface area contributed by atoms with Gasteiger partial charge in [0.1, 0.15) is 24.1 Å². The van der Waals surface area contributed by atoms with Crippen LogP contribution in [0, 0.1) is 0 Å². The Morgan fingerprint density at radius 2 is 1.74 bits per heavy atom. The Bertz CT molecular complexity index is 947. The standard InChI is InChI=1S/C21H36N10O4/c1-22-18-14-19(28-12-27-18)31(13-29-14)21-16(33)15(32)17(35-21)20(34)26-8-11-30-9-6-24-4-2-23-3-5-25-7-10-30/h12-13,15-17,21,23-25,32-33H,2-11H2,1H3,(H,26,34)(H,22,27,28). The molecule has 14 heteroatoms. The molecule has 35 heavy (non-hydrogen) atoms. The molecule has 0 aromatic carbocycles. The molecule has 4 atom stereocenters. The SMILES string of the molecule is CNc1ncnc2c1ncn2C1OC(C(=O)NCCN2CCNCCNCCNCC2)C(O)C1O. The van der Waals surface area contributed by atoms with Crippen LogP contribution in [0.4, 0.5) is 5.82 Å². The minimum Gasteiger partial charge on any atom is -0.387 e. The van der Waals surface area contributed by atoms with Gasteiger partial charge in [0.2, 0.25) is 0 Å². The molecule has 14 nitrogen and oxygen atoms in total. The van der Waals surface area contributed by atoms with E-state index in [1.807, 2.05) is 0 Å². The lowest BCUT2D eigenvalue weighted by Gasteiger charge is -2.24. The number of nitrogens with one attached hydrogen (secondary N) is 5. The number of aliphatic hydroxyl groups is 2. The van der Waals surface area contributed by atoms with E-state index in [1.54, 1.807) is 7.05 Å². The van der Waals surface area contributed by atoms with Gasteiger partial charge in [-0.1, -0.05) is 0 Å². The molecule has 0 saturated carbocycles. The highest BCUT2D eigenvalue weighted by Crippen LogP contribution is 2.32. The van der Waals surface area contributed by atoms with E-state index in [4.69, 9.17) is 4.74 Å². The molecule has 0 bridgehead atoms. The zero-order chi connectivity index (χ0) is 24.6. The van der Waals surface area contributed by atoms with Gasteiger partial charge < -0.3 is 41.5 Å². The van der Waals surface area contributed by atoms with E-state index in [0.29, 0.717) is 30.1 Å². The summed E-state index contributed by atoms with van der Waals surface area (Å²) in [6.45, 7) is 8.24. The lowest BCUT2D eigenvalue weighted by Crippen LogP contribution is -2.47. The second-order valence-corrected chi connectivity index (χ2v) is 8.61. The number of amides is 1. The molecule has 2 aliphatic rings. The lowest BCUT2D eigenvalue weighted by atomic mass is 10.1. The van der Waals surface area contributed by atoms with Crippen LogP contribution in [0.15, 0.2) is 12.7 Å². The van der Waals surface area contributed by atoms with Gasteiger partial charge in [-0.3, -0.25) is 14.3 Å². The Hall–Kier alpha value is -2.46. The van der Waals surface area contributed by atoms with E-state index in [0.717, 1.165) is 52.4 Å². The summed E-state index contributed by atoms with van der Waals surface area (Å²) < 4.78 is 7.30. The highest BCUT2D eigenvalue weighted by atomic mass is 16.6. The molecule has 2 fully saturated rings. The van der Waals surface area contributed by atoms with Crippen LogP contribution >= 0.6 is 0 Å². The van der Waals surface area contributed by atoms with Gasteiger partial charge >= 0.3 is 0 Å². The second kappa shape index (κ2) is 12.5. The van der Waals surface area contributed by atoms with Gasteiger partial charge in [0.05, 0.1) is 6.33 Å². The fourth-order valence-corrected chi connectivity index (χ4v) is 4.30. The van der Waals surface area contributed by atoms with Gasteiger partial charge in [0.15, 0.2) is 23.8 Å². The first-order valence-electron chi connectivity index (χ1n) is 12.1. The molecule has 4 heterocycles. The average Bonchev–Trinajstić information content (AvgIpc) is 3.41. The summed E-state index contributed by atoms with van der Waals surface area (Å²) in [6.07, 6.45) is -2.10. The normalized spacial score (nSPS) is 27.3. The third-order valence-electron chi connectivity index (χ3n) is 6.26. The maximum Gasteiger partial charge on any atom is 0.252 e. The number of carbonyl (C=O) groups excluding carboxylic acids is 1. The van der Waals surface area contributed by atoms with Gasteiger partial charge in [-0.25, -0.2) is 15.0 Å². The third kappa shape index (κ3) is 6.22. The molecule has 0 radical (unpaired) electrons. The van der Waals surface area contributed by atoms with Crippen molar-refractivity contribution in [3.05, 3.63) is 12.7 Å². The number of imidazole rings is 1. The first-order chi connectivity index (χ1) is 17.1. The molecule has 1 amide bonds. The summed E-state index contributed by atoms with van der Waals surface area (Å²) in [4.78, 5) is 27.7. The minimum atomic E-state index is -1.38. The molecule has 0 spiro atoms. The molecule has 0 aliphatic carbocycles. The second-order valence-electron chi connectivity index (χ2n) is 8.61. The molecule has 4 unspecified atom stereocenters. The van der Waals surface area contributed by atoms with Crippen LogP contribution in [0.2, 0.25) is 0 Å². The van der Waals surface area contributed by atoms with Gasteiger partial charge in [0.25, 0.3) is 5.91 Å². The number of fused-ring (bicyclic) bond motifs is 1. The number of ether oxygens (including phenoxy) is 1. The first kappa shape index (κ1) is 25.6. The van der Waals surface area contributed by atoms with Gasteiger partial charge in [0, 0.05) is 72.5 Å². The van der Waals surface area contributed by atoms with Crippen molar-refractivity contribution in [1.82, 2.24) is 45.7 Å². The zero-order valence-corrected chi connectivity index (χ0v) is 20.0. The molecule has 2 aromatic rings. The Balaban J connectivity index is 1.31. The summed E-state index contributed by atoms with van der Waals surface area (Å²) in [5.41, 5.74) is 0.925. The Morgan fingerprint density at radius 3 is 2.43 bits per heavy atom. The topological polar surface area (TPSA) is 174 Å². The summed E-state index contributed by atoms with van der Waals surface area (Å²) in [5, 5.41) is 37.1. The van der Waals surface area contributed by atoms with Crippen LogP contribution in [0.5, 0.6) is 0 Å². The van der Waals surface area contributed by atoms with Crippen LogP contribution < -0.4 is 26.6 Å². The maximum atomic E-state index is 12.8. The molecule has 4 rings (SSSR count). The number of anilines is 1. The fourth-order valence-electron chi connectivity index (χ4n) is 4.30. The van der Waals surface area contributed by atoms with Crippen LogP contribution in [-0.4, -0.2) is 131 Å². The smallest absolute Gasteiger partial charge is 0.252 e. The molecule has 2 aromatic heterocycles. The number of hydrogen-bond donors (Lipinski definition) is 7. The molecule has 2 saturated heterocycles. The Kier molecular flexibility index (Phi) is 9.14. The van der Waals surface area contributed by atoms with E-state index in [9.17, 15) is 15.0 Å². The highest BCUT2D eigenvalue weighted by molar-refractivity contribution is 5.83. The van der Waals surface area contributed by atoms with Crippen molar-refractivity contribution in [3.8, 4) is 0 Å². The monoisotopic (exact) mass is 492 g/mol. The van der Waals surface area contributed by atoms with E-state index < -0.39 is 30.4 Å². The van der Waals surface area contributed by atoms with E-state index in [1.165, 1.54) is 17.2 Å². The number of aliphatic hydroxyl groups excluding tert-OH is 2. The minimum absolute atomic E-state index is 0.403. The van der Waals surface area contributed by atoms with Crippen molar-refractivity contribution in [3.63, 3.8) is 0 Å². The van der Waals surface area contributed by atoms with Crippen molar-refractivity contribution in [2.75, 3.05) is 77.8 Å². The van der Waals surface area contributed by atoms with Gasteiger partial charge in [-0.2, -0.15) is 0 Å². The molecular formula is C21H36N10O4. The summed E-state index contributed by atoms with van der Waals surface area (Å²) >= 11 is 0. The van der Waals surface area contributed by atoms with Gasteiger partial charge in [-0.05, 0) is 0 Å². The van der Waals surface area contributed by atoms with E-state index >= 15 is 0 Å². The Labute approximate surface area is 203 Å². The van der Waals surface area contributed by atoms with Crippen molar-refractivity contribution in [2.24, 2.45) is 0 Å². The molecule has 194 valence electrons. The number of rotatable bonds is 6. The third-order valence-corrected chi connectivity index (χ3v) is 6.26. The van der Waals surface area contributed by atoms with Crippen LogP contribution in [0.3, 0.4) is 0 Å². The molecular weight excluding hydrogens is 456 g/mol. The average molecular weight is 493 g/mol. The van der Waals surface area contributed by atoms with Crippen LogP contribution in [0.25, 0.3) is 11.2 Å². The van der Waals surface area contributed by atoms with Gasteiger partial charge in [-0.15, -0.1) is 0 Å². The van der Waals surface area contributed by atoms with Crippen molar-refractivity contribution in [2.45, 2.75) is 24.5 Å². The van der Waals surface area contributed by atoms with Crippen molar-refractivity contribution < 1.29 is 19.7 Å². The summed E-state index contributed by atoms with van der Waals surface area (Å²) in [5.74, 6) is 0.0607. The van der Waals surface area contributed by atoms with E-state index in [2.05, 4.69) is 46.4 Å². The zero-order valence-electron chi connectivity index (χ0n) is 20.0.